The van der Waals surface area contributed by atoms with Crippen molar-refractivity contribution in [3.8, 4) is 0 Å². The Morgan fingerprint density at radius 1 is 1.26 bits per heavy atom. The van der Waals surface area contributed by atoms with Crippen LogP contribution in [0, 0.1) is 15.5 Å². The number of alkyl halides is 1. The normalized spacial score (nSPS) is 19.9. The molecule has 4 heteroatoms. The average Bonchev–Trinajstić information content (AvgIpc) is 2.40. The molecule has 0 radical (unpaired) electrons. The molecule has 1 aliphatic carbocycles. The van der Waals surface area contributed by atoms with Crippen LogP contribution in [0.15, 0.2) is 24.3 Å². The lowest BCUT2D eigenvalue weighted by Crippen LogP contribution is -2.31. The molecule has 0 spiro atoms. The Balaban J connectivity index is 2.01. The van der Waals surface area contributed by atoms with E-state index in [1.165, 1.54) is 37.7 Å². The summed E-state index contributed by atoms with van der Waals surface area (Å²) in [6, 6.07) is 6.94. The van der Waals surface area contributed by atoms with Crippen molar-refractivity contribution in [1.29, 1.82) is 0 Å². The first-order valence-corrected chi connectivity index (χ1v) is 7.80. The van der Waals surface area contributed by atoms with Crippen LogP contribution in [-0.2, 0) is 6.42 Å². The van der Waals surface area contributed by atoms with Gasteiger partial charge in [-0.2, -0.15) is 0 Å². The molecule has 1 aromatic carbocycles. The van der Waals surface area contributed by atoms with E-state index in [-0.39, 0.29) is 10.6 Å². The van der Waals surface area contributed by atoms with Gasteiger partial charge in [-0.05, 0) is 30.2 Å². The molecule has 104 valence electrons. The van der Waals surface area contributed by atoms with Gasteiger partial charge in [0, 0.05) is 17.0 Å². The smallest absolute Gasteiger partial charge is 0.258 e. The molecule has 1 fully saturated rings. The van der Waals surface area contributed by atoms with Gasteiger partial charge < -0.3 is 0 Å². The second kappa shape index (κ2) is 6.04. The second-order valence-electron chi connectivity index (χ2n) is 5.81. The zero-order valence-corrected chi connectivity index (χ0v) is 12.9. The lowest BCUT2D eigenvalue weighted by Gasteiger charge is -2.38. The number of hydrogen-bond donors (Lipinski definition) is 0. The average molecular weight is 326 g/mol. The zero-order valence-electron chi connectivity index (χ0n) is 11.3. The molecule has 0 aliphatic heterocycles. The summed E-state index contributed by atoms with van der Waals surface area (Å²) in [5.74, 6) is 0. The van der Waals surface area contributed by atoms with Gasteiger partial charge in [0.15, 0.2) is 0 Å². The summed E-state index contributed by atoms with van der Waals surface area (Å²) >= 11 is 3.85. The van der Waals surface area contributed by atoms with Crippen molar-refractivity contribution in [1.82, 2.24) is 0 Å². The van der Waals surface area contributed by atoms with Crippen LogP contribution in [-0.4, -0.2) is 9.75 Å². The quantitative estimate of drug-likeness (QED) is 0.450. The van der Waals surface area contributed by atoms with Crippen LogP contribution in [0.25, 0.3) is 0 Å². The number of hydrogen-bond acceptors (Lipinski definition) is 2. The third-order valence-corrected chi connectivity index (χ3v) is 5.74. The highest BCUT2D eigenvalue weighted by atomic mass is 79.9. The first-order valence-electron chi connectivity index (χ1n) is 6.89. The molecular formula is C15H20BrNO2. The highest BCUT2D eigenvalue weighted by molar-refractivity contribution is 9.09. The van der Waals surface area contributed by atoms with Crippen molar-refractivity contribution in [3.63, 3.8) is 0 Å². The van der Waals surface area contributed by atoms with Crippen molar-refractivity contribution in [3.05, 3.63) is 39.9 Å². The standard InChI is InChI=1S/C15H20BrNO2/c1-15(9-3-2-4-10-15)14(16)11-12-5-7-13(8-6-12)17(18)19/h5-8,14H,2-4,9-11H2,1H3. The van der Waals surface area contributed by atoms with Crippen molar-refractivity contribution >= 4 is 21.6 Å². The van der Waals surface area contributed by atoms with Crippen LogP contribution in [0.5, 0.6) is 0 Å². The fraction of sp³-hybridized carbons (Fsp3) is 0.600. The van der Waals surface area contributed by atoms with Gasteiger partial charge in [-0.3, -0.25) is 10.1 Å². The highest BCUT2D eigenvalue weighted by Gasteiger charge is 2.33. The summed E-state index contributed by atoms with van der Waals surface area (Å²) < 4.78 is 0. The Hall–Kier alpha value is -0.900. The van der Waals surface area contributed by atoms with Crippen LogP contribution >= 0.6 is 15.9 Å². The van der Waals surface area contributed by atoms with E-state index in [1.807, 2.05) is 12.1 Å². The Morgan fingerprint density at radius 2 is 1.84 bits per heavy atom. The summed E-state index contributed by atoms with van der Waals surface area (Å²) in [7, 11) is 0. The Bertz CT molecular complexity index is 438. The fourth-order valence-electron chi connectivity index (χ4n) is 2.88. The molecule has 1 saturated carbocycles. The maximum atomic E-state index is 10.6. The lowest BCUT2D eigenvalue weighted by atomic mass is 9.72. The van der Waals surface area contributed by atoms with E-state index in [2.05, 4.69) is 22.9 Å². The SMILES string of the molecule is CC1(C(Br)Cc2ccc([N+](=O)[O-])cc2)CCCCC1. The molecule has 1 aliphatic rings. The number of nitrogens with zero attached hydrogens (tertiary/aromatic N) is 1. The molecule has 0 aromatic heterocycles. The van der Waals surface area contributed by atoms with Crippen LogP contribution in [0.3, 0.4) is 0 Å². The minimum Gasteiger partial charge on any atom is -0.258 e. The number of non-ortho nitro benzene ring substituents is 1. The van der Waals surface area contributed by atoms with Gasteiger partial charge in [0.2, 0.25) is 0 Å². The van der Waals surface area contributed by atoms with Crippen molar-refractivity contribution in [2.45, 2.75) is 50.3 Å². The van der Waals surface area contributed by atoms with Crippen LogP contribution in [0.2, 0.25) is 0 Å². The number of halogens is 1. The van der Waals surface area contributed by atoms with Crippen molar-refractivity contribution in [2.24, 2.45) is 5.41 Å². The lowest BCUT2D eigenvalue weighted by molar-refractivity contribution is -0.384. The molecule has 2 rings (SSSR count). The predicted octanol–water partition coefficient (Wildman–Crippen LogP) is 4.87. The summed E-state index contributed by atoms with van der Waals surface area (Å²) in [6.07, 6.45) is 7.48. The van der Waals surface area contributed by atoms with Gasteiger partial charge in [0.05, 0.1) is 4.92 Å². The molecule has 3 nitrogen and oxygen atoms in total. The van der Waals surface area contributed by atoms with E-state index >= 15 is 0 Å². The van der Waals surface area contributed by atoms with Gasteiger partial charge in [0.1, 0.15) is 0 Å². The summed E-state index contributed by atoms with van der Waals surface area (Å²) in [5, 5.41) is 10.6. The Morgan fingerprint density at radius 3 is 2.37 bits per heavy atom. The summed E-state index contributed by atoms with van der Waals surface area (Å²) in [6.45, 7) is 2.36. The molecule has 0 bridgehead atoms. The molecule has 0 saturated heterocycles. The van der Waals surface area contributed by atoms with Gasteiger partial charge in [-0.25, -0.2) is 0 Å². The number of benzene rings is 1. The van der Waals surface area contributed by atoms with E-state index in [0.717, 1.165) is 6.42 Å². The monoisotopic (exact) mass is 325 g/mol. The molecular weight excluding hydrogens is 306 g/mol. The third kappa shape index (κ3) is 3.56. The van der Waals surface area contributed by atoms with Gasteiger partial charge >= 0.3 is 0 Å². The third-order valence-electron chi connectivity index (χ3n) is 4.31. The zero-order chi connectivity index (χ0) is 13.9. The maximum Gasteiger partial charge on any atom is 0.269 e. The van der Waals surface area contributed by atoms with E-state index in [4.69, 9.17) is 0 Å². The van der Waals surface area contributed by atoms with E-state index in [0.29, 0.717) is 10.2 Å². The molecule has 0 heterocycles. The number of rotatable bonds is 4. The van der Waals surface area contributed by atoms with Crippen molar-refractivity contribution < 1.29 is 4.92 Å². The maximum absolute atomic E-state index is 10.6. The first kappa shape index (κ1) is 14.5. The topological polar surface area (TPSA) is 43.1 Å². The molecule has 1 aromatic rings. The number of nitro benzene ring substituents is 1. The van der Waals surface area contributed by atoms with Crippen LogP contribution < -0.4 is 0 Å². The predicted molar refractivity (Wildman–Crippen MR) is 80.7 cm³/mol. The van der Waals surface area contributed by atoms with Crippen molar-refractivity contribution in [2.75, 3.05) is 0 Å². The molecule has 0 N–H and O–H groups in total. The minimum absolute atomic E-state index is 0.166. The van der Waals surface area contributed by atoms with E-state index in [1.54, 1.807) is 12.1 Å². The van der Waals surface area contributed by atoms with Crippen LogP contribution in [0.1, 0.15) is 44.6 Å². The van der Waals surface area contributed by atoms with Crippen LogP contribution in [0.4, 0.5) is 5.69 Å². The first-order chi connectivity index (χ1) is 9.01. The summed E-state index contributed by atoms with van der Waals surface area (Å²) in [4.78, 5) is 10.7. The second-order valence-corrected chi connectivity index (χ2v) is 6.92. The van der Waals surface area contributed by atoms with Gasteiger partial charge in [-0.1, -0.05) is 54.2 Å². The Labute approximate surface area is 122 Å². The molecule has 0 amide bonds. The van der Waals surface area contributed by atoms with Gasteiger partial charge in [-0.15, -0.1) is 0 Å². The molecule has 1 atom stereocenters. The summed E-state index contributed by atoms with van der Waals surface area (Å²) in [5.41, 5.74) is 1.69. The largest absolute Gasteiger partial charge is 0.269 e. The molecule has 1 unspecified atom stereocenters. The Kier molecular flexibility index (Phi) is 4.61. The van der Waals surface area contributed by atoms with E-state index in [9.17, 15) is 10.1 Å². The fourth-order valence-corrected chi connectivity index (χ4v) is 3.71. The minimum atomic E-state index is -0.349. The van der Waals surface area contributed by atoms with Gasteiger partial charge in [0.25, 0.3) is 5.69 Å². The highest BCUT2D eigenvalue weighted by Crippen LogP contribution is 2.43. The number of nitro groups is 1. The van der Waals surface area contributed by atoms with E-state index < -0.39 is 0 Å². The molecule has 19 heavy (non-hydrogen) atoms.